The highest BCUT2D eigenvalue weighted by molar-refractivity contribution is 7.07. The third-order valence-corrected chi connectivity index (χ3v) is 3.76. The summed E-state index contributed by atoms with van der Waals surface area (Å²) < 4.78 is 0. The molecule has 0 N–H and O–H groups in total. The summed E-state index contributed by atoms with van der Waals surface area (Å²) in [6.45, 7) is 1.20. The number of hydrogen-bond donors (Lipinski definition) is 0. The van der Waals surface area contributed by atoms with Crippen LogP contribution >= 0.6 is 22.9 Å². The topological polar surface area (TPSA) is 20.3 Å². The molecule has 2 aromatic rings. The predicted molar refractivity (Wildman–Crippen MR) is 80.6 cm³/mol. The molecule has 0 fully saturated rings. The van der Waals surface area contributed by atoms with Crippen molar-refractivity contribution in [3.8, 4) is 0 Å². The number of hydrogen-bond acceptors (Lipinski definition) is 2. The summed E-state index contributed by atoms with van der Waals surface area (Å²) in [6, 6.07) is 12.0. The number of benzene rings is 1. The van der Waals surface area contributed by atoms with E-state index in [4.69, 9.17) is 11.6 Å². The second-order valence-electron chi connectivity index (χ2n) is 4.30. The Morgan fingerprint density at radius 3 is 2.58 bits per heavy atom. The largest absolute Gasteiger partial charge is 0.337 e. The molecular weight excluding hydrogens is 278 g/mol. The van der Waals surface area contributed by atoms with Crippen molar-refractivity contribution >= 4 is 28.8 Å². The van der Waals surface area contributed by atoms with E-state index in [0.29, 0.717) is 25.4 Å². The Bertz CT molecular complexity index is 498. The predicted octanol–water partition coefficient (Wildman–Crippen LogP) is 3.56. The molecule has 1 amide bonds. The SMILES string of the molecule is O=C(Cc1ccsc1)N(CCCl)Cc1ccccc1. The van der Waals surface area contributed by atoms with E-state index in [-0.39, 0.29) is 5.91 Å². The van der Waals surface area contributed by atoms with Crippen molar-refractivity contribution in [1.82, 2.24) is 4.90 Å². The molecule has 0 aliphatic carbocycles. The molecule has 0 saturated heterocycles. The van der Waals surface area contributed by atoms with Gasteiger partial charge in [0.2, 0.25) is 5.91 Å². The maximum absolute atomic E-state index is 12.3. The third kappa shape index (κ3) is 4.37. The van der Waals surface area contributed by atoms with E-state index in [1.165, 1.54) is 0 Å². The third-order valence-electron chi connectivity index (χ3n) is 2.86. The monoisotopic (exact) mass is 293 g/mol. The Balaban J connectivity index is 2.00. The van der Waals surface area contributed by atoms with Gasteiger partial charge in [0.05, 0.1) is 6.42 Å². The maximum Gasteiger partial charge on any atom is 0.227 e. The first kappa shape index (κ1) is 14.1. The molecule has 0 spiro atoms. The van der Waals surface area contributed by atoms with Crippen LogP contribution in [0, 0.1) is 0 Å². The molecular formula is C15H16ClNOS. The summed E-state index contributed by atoms with van der Waals surface area (Å²) in [4.78, 5) is 14.1. The molecule has 0 atom stereocenters. The highest BCUT2D eigenvalue weighted by Gasteiger charge is 2.14. The zero-order chi connectivity index (χ0) is 13.5. The average molecular weight is 294 g/mol. The Hall–Kier alpha value is -1.32. The van der Waals surface area contributed by atoms with Crippen molar-refractivity contribution < 1.29 is 4.79 Å². The molecule has 0 saturated carbocycles. The number of rotatable bonds is 6. The molecule has 100 valence electrons. The quantitative estimate of drug-likeness (QED) is 0.746. The van der Waals surface area contributed by atoms with Gasteiger partial charge in [0.25, 0.3) is 0 Å². The average Bonchev–Trinajstić information content (AvgIpc) is 2.92. The van der Waals surface area contributed by atoms with Crippen LogP contribution < -0.4 is 0 Å². The smallest absolute Gasteiger partial charge is 0.227 e. The molecule has 2 nitrogen and oxygen atoms in total. The van der Waals surface area contributed by atoms with Crippen LogP contribution in [0.15, 0.2) is 47.2 Å². The van der Waals surface area contributed by atoms with E-state index in [0.717, 1.165) is 11.1 Å². The molecule has 0 bridgehead atoms. The highest BCUT2D eigenvalue weighted by atomic mass is 35.5. The van der Waals surface area contributed by atoms with E-state index < -0.39 is 0 Å². The first-order valence-electron chi connectivity index (χ1n) is 6.18. The van der Waals surface area contributed by atoms with Gasteiger partial charge in [-0.3, -0.25) is 4.79 Å². The molecule has 2 rings (SSSR count). The van der Waals surface area contributed by atoms with Gasteiger partial charge < -0.3 is 4.90 Å². The van der Waals surface area contributed by atoms with Crippen molar-refractivity contribution in [2.75, 3.05) is 12.4 Å². The van der Waals surface area contributed by atoms with Crippen LogP contribution in [0.4, 0.5) is 0 Å². The summed E-state index contributed by atoms with van der Waals surface area (Å²) in [6.07, 6.45) is 0.452. The van der Waals surface area contributed by atoms with Gasteiger partial charge >= 0.3 is 0 Å². The van der Waals surface area contributed by atoms with Gasteiger partial charge in [-0.1, -0.05) is 30.3 Å². The van der Waals surface area contributed by atoms with Crippen molar-refractivity contribution in [2.24, 2.45) is 0 Å². The molecule has 0 radical (unpaired) electrons. The fourth-order valence-corrected chi connectivity index (χ4v) is 2.75. The van der Waals surface area contributed by atoms with Crippen LogP contribution in [0.3, 0.4) is 0 Å². The van der Waals surface area contributed by atoms with Crippen LogP contribution in [0.1, 0.15) is 11.1 Å². The summed E-state index contributed by atoms with van der Waals surface area (Å²) in [5, 5.41) is 4.00. The minimum atomic E-state index is 0.128. The van der Waals surface area contributed by atoms with Crippen LogP contribution in [-0.2, 0) is 17.8 Å². The Morgan fingerprint density at radius 2 is 1.95 bits per heavy atom. The van der Waals surface area contributed by atoms with E-state index in [1.807, 2.05) is 52.1 Å². The van der Waals surface area contributed by atoms with Gasteiger partial charge in [-0.15, -0.1) is 11.6 Å². The van der Waals surface area contributed by atoms with Gasteiger partial charge in [0.1, 0.15) is 0 Å². The number of alkyl halides is 1. The molecule has 19 heavy (non-hydrogen) atoms. The molecule has 0 aliphatic rings. The lowest BCUT2D eigenvalue weighted by atomic mass is 10.2. The normalized spacial score (nSPS) is 10.4. The number of carbonyl (C=O) groups excluding carboxylic acids is 1. The molecule has 0 unspecified atom stereocenters. The van der Waals surface area contributed by atoms with E-state index in [1.54, 1.807) is 11.3 Å². The summed E-state index contributed by atoms with van der Waals surface area (Å²) >= 11 is 7.41. The van der Waals surface area contributed by atoms with Gasteiger partial charge in [-0.2, -0.15) is 11.3 Å². The Kier molecular flexibility index (Phi) is 5.43. The van der Waals surface area contributed by atoms with Crippen molar-refractivity contribution in [1.29, 1.82) is 0 Å². The Morgan fingerprint density at radius 1 is 1.16 bits per heavy atom. The fraction of sp³-hybridized carbons (Fsp3) is 0.267. The number of halogens is 1. The highest BCUT2D eigenvalue weighted by Crippen LogP contribution is 2.11. The Labute approximate surface area is 122 Å². The summed E-state index contributed by atoms with van der Waals surface area (Å²) in [5.41, 5.74) is 2.20. The van der Waals surface area contributed by atoms with E-state index >= 15 is 0 Å². The minimum absolute atomic E-state index is 0.128. The van der Waals surface area contributed by atoms with Crippen LogP contribution in [0.25, 0.3) is 0 Å². The zero-order valence-electron chi connectivity index (χ0n) is 10.6. The van der Waals surface area contributed by atoms with Gasteiger partial charge in [-0.25, -0.2) is 0 Å². The van der Waals surface area contributed by atoms with Crippen LogP contribution in [-0.4, -0.2) is 23.2 Å². The van der Waals surface area contributed by atoms with Crippen molar-refractivity contribution in [2.45, 2.75) is 13.0 Å². The first-order valence-corrected chi connectivity index (χ1v) is 7.66. The second kappa shape index (κ2) is 7.31. The lowest BCUT2D eigenvalue weighted by molar-refractivity contribution is -0.130. The number of amides is 1. The molecule has 1 aromatic carbocycles. The van der Waals surface area contributed by atoms with E-state index in [2.05, 4.69) is 0 Å². The van der Waals surface area contributed by atoms with Gasteiger partial charge in [0.15, 0.2) is 0 Å². The summed E-state index contributed by atoms with van der Waals surface area (Å²) in [5.74, 6) is 0.588. The van der Waals surface area contributed by atoms with Crippen LogP contribution in [0.2, 0.25) is 0 Å². The molecule has 0 aliphatic heterocycles. The van der Waals surface area contributed by atoms with E-state index in [9.17, 15) is 4.79 Å². The molecule has 4 heteroatoms. The first-order chi connectivity index (χ1) is 9.29. The minimum Gasteiger partial charge on any atom is -0.337 e. The van der Waals surface area contributed by atoms with Gasteiger partial charge in [0, 0.05) is 19.0 Å². The lowest BCUT2D eigenvalue weighted by Gasteiger charge is -2.21. The fourth-order valence-electron chi connectivity index (χ4n) is 1.88. The lowest BCUT2D eigenvalue weighted by Crippen LogP contribution is -2.33. The second-order valence-corrected chi connectivity index (χ2v) is 5.46. The number of nitrogens with zero attached hydrogens (tertiary/aromatic N) is 1. The van der Waals surface area contributed by atoms with Crippen molar-refractivity contribution in [3.63, 3.8) is 0 Å². The van der Waals surface area contributed by atoms with Gasteiger partial charge in [-0.05, 0) is 28.0 Å². The summed E-state index contributed by atoms with van der Waals surface area (Å²) in [7, 11) is 0. The van der Waals surface area contributed by atoms with Crippen LogP contribution in [0.5, 0.6) is 0 Å². The standard InChI is InChI=1S/C15H16ClNOS/c16-7-8-17(11-13-4-2-1-3-5-13)15(18)10-14-6-9-19-12-14/h1-6,9,12H,7-8,10-11H2. The molecule has 1 heterocycles. The number of thiophene rings is 1. The maximum atomic E-state index is 12.3. The van der Waals surface area contributed by atoms with Crippen molar-refractivity contribution in [3.05, 3.63) is 58.3 Å². The molecule has 1 aromatic heterocycles. The zero-order valence-corrected chi connectivity index (χ0v) is 12.2. The number of carbonyl (C=O) groups is 1.